The number of methoxy groups -OCH3 is 2. The van der Waals surface area contributed by atoms with Gasteiger partial charge in [0.25, 0.3) is 5.91 Å². The van der Waals surface area contributed by atoms with Gasteiger partial charge in [0.05, 0.1) is 14.2 Å². The van der Waals surface area contributed by atoms with Crippen molar-refractivity contribution in [2.45, 2.75) is 30.6 Å². The second kappa shape index (κ2) is 10.1. The van der Waals surface area contributed by atoms with Gasteiger partial charge in [0.15, 0.2) is 0 Å². The molecule has 4 rings (SSSR count). The quantitative estimate of drug-likeness (QED) is 0.498. The molecule has 10 heteroatoms. The molecule has 1 aliphatic rings. The summed E-state index contributed by atoms with van der Waals surface area (Å²) in [5, 5.41) is 3.60. The second-order valence-corrected chi connectivity index (χ2v) is 11.0. The van der Waals surface area contributed by atoms with Crippen LogP contribution in [0.1, 0.15) is 45.7 Å². The average Bonchev–Trinajstić information content (AvgIpc) is 3.06. The van der Waals surface area contributed by atoms with E-state index in [0.717, 1.165) is 35.8 Å². The molecule has 0 saturated carbocycles. The molecular formula is C24H26N2O6S2. The van der Waals surface area contributed by atoms with Gasteiger partial charge in [-0.2, -0.15) is 4.31 Å². The minimum atomic E-state index is -3.81. The lowest BCUT2D eigenvalue weighted by atomic mass is 10.2. The maximum Gasteiger partial charge on any atom is 0.348 e. The first-order chi connectivity index (χ1) is 16.3. The highest BCUT2D eigenvalue weighted by Crippen LogP contribution is 2.31. The number of hydrogen-bond donors (Lipinski definition) is 1. The average molecular weight is 503 g/mol. The molecule has 0 unspecified atom stereocenters. The lowest BCUT2D eigenvalue weighted by Crippen LogP contribution is -2.32. The summed E-state index contributed by atoms with van der Waals surface area (Å²) in [4.78, 5) is 25.2. The van der Waals surface area contributed by atoms with E-state index >= 15 is 0 Å². The molecule has 3 aromatic rings. The van der Waals surface area contributed by atoms with E-state index in [1.54, 1.807) is 18.2 Å². The molecule has 1 fully saturated rings. The molecule has 1 aromatic heterocycles. The minimum absolute atomic E-state index is 0.0134. The number of ether oxygens (including phenoxy) is 2. The fourth-order valence-electron chi connectivity index (χ4n) is 3.97. The molecular weight excluding hydrogens is 476 g/mol. The number of carbonyl (C=O) groups excluding carboxylic acids is 2. The molecule has 0 aliphatic carbocycles. The number of sulfonamides is 1. The molecule has 0 radical (unpaired) electrons. The van der Waals surface area contributed by atoms with Crippen molar-refractivity contribution in [2.24, 2.45) is 0 Å². The highest BCUT2D eigenvalue weighted by Gasteiger charge is 2.29. The van der Waals surface area contributed by atoms with Gasteiger partial charge in [-0.15, -0.1) is 11.3 Å². The number of amides is 1. The lowest BCUT2D eigenvalue weighted by Gasteiger charge is -2.21. The third-order valence-corrected chi connectivity index (χ3v) is 8.79. The standard InChI is InChI=1S/C24H26N2O6S2/c1-31-19-9-7-16(15-22(19)34(29,30)26-11-5-3-4-6-12-26)23(27)25-18-8-10-20-17(13-18)14-21(33-20)24(28)32-2/h7-10,13-15H,3-6,11-12H2,1-2H3,(H,25,27). The summed E-state index contributed by atoms with van der Waals surface area (Å²) >= 11 is 1.31. The zero-order chi connectivity index (χ0) is 24.3. The number of nitrogens with zero attached hydrogens (tertiary/aromatic N) is 1. The smallest absolute Gasteiger partial charge is 0.348 e. The van der Waals surface area contributed by atoms with Gasteiger partial charge in [-0.1, -0.05) is 12.8 Å². The number of hydrogen-bond acceptors (Lipinski definition) is 7. The van der Waals surface area contributed by atoms with Crippen LogP contribution in [0, 0.1) is 0 Å². The van der Waals surface area contributed by atoms with E-state index in [0.29, 0.717) is 23.7 Å². The largest absolute Gasteiger partial charge is 0.495 e. The molecule has 1 N–H and O–H groups in total. The Hall–Kier alpha value is -2.95. The van der Waals surface area contributed by atoms with Crippen molar-refractivity contribution < 1.29 is 27.5 Å². The summed E-state index contributed by atoms with van der Waals surface area (Å²) in [6.45, 7) is 0.909. The molecule has 2 heterocycles. The number of rotatable bonds is 6. The molecule has 1 aliphatic heterocycles. The van der Waals surface area contributed by atoms with E-state index < -0.39 is 21.9 Å². The van der Waals surface area contributed by atoms with Crippen molar-refractivity contribution in [3.63, 3.8) is 0 Å². The number of benzene rings is 2. The van der Waals surface area contributed by atoms with Crippen LogP contribution in [0.2, 0.25) is 0 Å². The highest BCUT2D eigenvalue weighted by atomic mass is 32.2. The van der Waals surface area contributed by atoms with Crippen LogP contribution >= 0.6 is 11.3 Å². The van der Waals surface area contributed by atoms with Crippen LogP contribution in [0.15, 0.2) is 47.4 Å². The van der Waals surface area contributed by atoms with Gasteiger partial charge in [-0.05, 0) is 60.7 Å². The first-order valence-corrected chi connectivity index (χ1v) is 13.2. The van der Waals surface area contributed by atoms with E-state index in [1.807, 2.05) is 6.07 Å². The molecule has 1 amide bonds. The van der Waals surface area contributed by atoms with Crippen LogP contribution < -0.4 is 10.1 Å². The fourth-order valence-corrected chi connectivity index (χ4v) is 6.63. The molecule has 0 spiro atoms. The fraction of sp³-hybridized carbons (Fsp3) is 0.333. The van der Waals surface area contributed by atoms with Crippen LogP contribution in [0.5, 0.6) is 5.75 Å². The maximum atomic E-state index is 13.4. The Morgan fingerprint density at radius 2 is 1.71 bits per heavy atom. The van der Waals surface area contributed by atoms with Gasteiger partial charge in [-0.25, -0.2) is 13.2 Å². The Morgan fingerprint density at radius 1 is 0.971 bits per heavy atom. The molecule has 2 aromatic carbocycles. The maximum absolute atomic E-state index is 13.4. The van der Waals surface area contributed by atoms with Crippen molar-refractivity contribution in [1.82, 2.24) is 4.31 Å². The van der Waals surface area contributed by atoms with E-state index in [2.05, 4.69) is 5.32 Å². The molecule has 0 atom stereocenters. The first-order valence-electron chi connectivity index (χ1n) is 10.9. The van der Waals surface area contributed by atoms with E-state index in [9.17, 15) is 18.0 Å². The Labute approximate surface area is 202 Å². The van der Waals surface area contributed by atoms with Crippen molar-refractivity contribution in [3.8, 4) is 5.75 Å². The Morgan fingerprint density at radius 3 is 2.38 bits per heavy atom. The van der Waals surface area contributed by atoms with Gasteiger partial charge < -0.3 is 14.8 Å². The summed E-state index contributed by atoms with van der Waals surface area (Å²) in [5.74, 6) is -0.656. The Kier molecular flexibility index (Phi) is 7.20. The van der Waals surface area contributed by atoms with Crippen LogP contribution in [0.4, 0.5) is 5.69 Å². The van der Waals surface area contributed by atoms with Crippen molar-refractivity contribution >= 4 is 49.0 Å². The van der Waals surface area contributed by atoms with Gasteiger partial charge in [0, 0.05) is 29.0 Å². The van der Waals surface area contributed by atoms with Gasteiger partial charge in [0.2, 0.25) is 10.0 Å². The first kappa shape index (κ1) is 24.2. The molecule has 0 bridgehead atoms. The van der Waals surface area contributed by atoms with E-state index in [-0.39, 0.29) is 16.2 Å². The molecule has 8 nitrogen and oxygen atoms in total. The minimum Gasteiger partial charge on any atom is -0.495 e. The summed E-state index contributed by atoms with van der Waals surface area (Å²) in [6, 6.07) is 11.4. The molecule has 34 heavy (non-hydrogen) atoms. The van der Waals surface area contributed by atoms with Gasteiger partial charge in [-0.3, -0.25) is 4.79 Å². The van der Waals surface area contributed by atoms with Crippen LogP contribution in [0.25, 0.3) is 10.1 Å². The second-order valence-electron chi connectivity index (χ2n) is 7.99. The monoisotopic (exact) mass is 502 g/mol. The van der Waals surface area contributed by atoms with Crippen molar-refractivity contribution in [1.29, 1.82) is 0 Å². The van der Waals surface area contributed by atoms with Gasteiger partial charge in [0.1, 0.15) is 15.5 Å². The van der Waals surface area contributed by atoms with E-state index in [1.165, 1.54) is 48.1 Å². The predicted molar refractivity (Wildman–Crippen MR) is 131 cm³/mol. The topological polar surface area (TPSA) is 102 Å². The number of carbonyl (C=O) groups is 2. The number of nitrogens with one attached hydrogen (secondary N) is 1. The summed E-state index contributed by atoms with van der Waals surface area (Å²) in [7, 11) is -1.07. The number of esters is 1. The summed E-state index contributed by atoms with van der Waals surface area (Å²) in [5.41, 5.74) is 0.731. The third-order valence-electron chi connectivity index (χ3n) is 5.77. The van der Waals surface area contributed by atoms with Crippen LogP contribution in [0.3, 0.4) is 0 Å². The zero-order valence-electron chi connectivity index (χ0n) is 19.0. The van der Waals surface area contributed by atoms with Crippen molar-refractivity contribution in [3.05, 3.63) is 52.9 Å². The molecule has 1 saturated heterocycles. The Balaban J connectivity index is 1.60. The summed E-state index contributed by atoms with van der Waals surface area (Å²) in [6.07, 6.45) is 3.62. The van der Waals surface area contributed by atoms with Crippen LogP contribution in [-0.2, 0) is 14.8 Å². The normalized spacial score (nSPS) is 15.0. The zero-order valence-corrected chi connectivity index (χ0v) is 20.6. The highest BCUT2D eigenvalue weighted by molar-refractivity contribution is 7.89. The van der Waals surface area contributed by atoms with Crippen LogP contribution in [-0.4, -0.2) is 51.9 Å². The summed E-state index contributed by atoms with van der Waals surface area (Å²) < 4.78 is 39.2. The van der Waals surface area contributed by atoms with E-state index in [4.69, 9.17) is 9.47 Å². The third kappa shape index (κ3) is 4.94. The Bertz CT molecular complexity index is 1320. The number of anilines is 1. The number of fused-ring (bicyclic) bond motifs is 1. The SMILES string of the molecule is COC(=O)c1cc2cc(NC(=O)c3ccc(OC)c(S(=O)(=O)N4CCCCCC4)c3)ccc2s1. The van der Waals surface area contributed by atoms with Crippen molar-refractivity contribution in [2.75, 3.05) is 32.6 Å². The lowest BCUT2D eigenvalue weighted by molar-refractivity contribution is 0.0606. The predicted octanol–water partition coefficient (Wildman–Crippen LogP) is 4.51. The molecule has 180 valence electrons. The van der Waals surface area contributed by atoms with Gasteiger partial charge >= 0.3 is 5.97 Å². The number of thiophene rings is 1.